The van der Waals surface area contributed by atoms with E-state index in [1.54, 1.807) is 0 Å². The number of hydrogen-bond acceptors (Lipinski definition) is 6. The van der Waals surface area contributed by atoms with Crippen molar-refractivity contribution in [3.05, 3.63) is 56.1 Å². The maximum Gasteiger partial charge on any atom is 0.273 e. The first-order valence-electron chi connectivity index (χ1n) is 7.24. The summed E-state index contributed by atoms with van der Waals surface area (Å²) in [5, 5.41) is 16.4. The third-order valence-corrected chi connectivity index (χ3v) is 4.03. The van der Waals surface area contributed by atoms with Gasteiger partial charge in [0.2, 0.25) is 0 Å². The topological polar surface area (TPSA) is 103 Å². The van der Waals surface area contributed by atoms with Crippen LogP contribution in [-0.2, 0) is 0 Å². The van der Waals surface area contributed by atoms with Gasteiger partial charge >= 0.3 is 0 Å². The summed E-state index contributed by atoms with van der Waals surface area (Å²) in [5.41, 5.74) is 0.282. The van der Waals surface area contributed by atoms with Gasteiger partial charge in [0, 0.05) is 11.1 Å². The van der Waals surface area contributed by atoms with E-state index in [9.17, 15) is 14.9 Å². The smallest absolute Gasteiger partial charge is 0.273 e. The van der Waals surface area contributed by atoms with Gasteiger partial charge in [0.25, 0.3) is 11.6 Å². The zero-order valence-electron chi connectivity index (χ0n) is 14.0. The van der Waals surface area contributed by atoms with Crippen LogP contribution in [0, 0.1) is 10.1 Å². The molecule has 0 aliphatic carbocycles. The Kier molecular flexibility index (Phi) is 6.78. The van der Waals surface area contributed by atoms with Gasteiger partial charge in [0.1, 0.15) is 11.5 Å². The van der Waals surface area contributed by atoms with E-state index in [0.29, 0.717) is 5.69 Å². The Bertz CT molecular complexity index is 923. The summed E-state index contributed by atoms with van der Waals surface area (Å²) < 4.78 is 10.2. The number of rotatable bonds is 5. The van der Waals surface area contributed by atoms with Crippen LogP contribution in [-0.4, -0.2) is 30.2 Å². The molecule has 0 saturated carbocycles. The highest BCUT2D eigenvalue weighted by molar-refractivity contribution is 7.80. The summed E-state index contributed by atoms with van der Waals surface area (Å²) in [5.74, 6) is -0.270. The van der Waals surface area contributed by atoms with Crippen molar-refractivity contribution in [1.29, 1.82) is 0 Å². The lowest BCUT2D eigenvalue weighted by atomic mass is 10.2. The summed E-state index contributed by atoms with van der Waals surface area (Å²) in [6.45, 7) is 0. The van der Waals surface area contributed by atoms with E-state index in [1.807, 2.05) is 0 Å². The van der Waals surface area contributed by atoms with Crippen LogP contribution in [0.3, 0.4) is 0 Å². The molecule has 11 heteroatoms. The Balaban J connectivity index is 2.19. The monoisotopic (exact) mass is 429 g/mol. The fraction of sp³-hybridized carbons (Fsp3) is 0.125. The van der Waals surface area contributed by atoms with E-state index in [-0.39, 0.29) is 37.9 Å². The van der Waals surface area contributed by atoms with Crippen LogP contribution in [0.25, 0.3) is 0 Å². The lowest BCUT2D eigenvalue weighted by Gasteiger charge is -2.14. The van der Waals surface area contributed by atoms with Gasteiger partial charge in [-0.3, -0.25) is 20.2 Å². The van der Waals surface area contributed by atoms with E-state index < -0.39 is 10.8 Å². The molecule has 2 aromatic carbocycles. The summed E-state index contributed by atoms with van der Waals surface area (Å²) >= 11 is 17.1. The average molecular weight is 430 g/mol. The Morgan fingerprint density at radius 1 is 1.19 bits per heavy atom. The summed E-state index contributed by atoms with van der Waals surface area (Å²) in [6, 6.07) is 6.74. The van der Waals surface area contributed by atoms with Crippen molar-refractivity contribution < 1.29 is 19.2 Å². The largest absolute Gasteiger partial charge is 0.494 e. The zero-order valence-corrected chi connectivity index (χ0v) is 16.4. The predicted octanol–water partition coefficient (Wildman–Crippen LogP) is 4.05. The SMILES string of the molecule is COc1cc([N+](=O)[O-])ccc1NC(=S)NC(=O)c1cc(Cl)cc(Cl)c1OC. The number of hydrogen-bond donors (Lipinski definition) is 2. The van der Waals surface area contributed by atoms with Crippen molar-refractivity contribution in [3.8, 4) is 11.5 Å². The number of nitro groups is 1. The molecular weight excluding hydrogens is 417 g/mol. The van der Waals surface area contributed by atoms with Crippen molar-refractivity contribution >= 4 is 57.8 Å². The van der Waals surface area contributed by atoms with E-state index in [4.69, 9.17) is 44.9 Å². The fourth-order valence-electron chi connectivity index (χ4n) is 2.16. The number of methoxy groups -OCH3 is 2. The Labute approximate surface area is 169 Å². The Morgan fingerprint density at radius 2 is 1.89 bits per heavy atom. The number of nitro benzene ring substituents is 1. The van der Waals surface area contributed by atoms with Crippen LogP contribution in [0.1, 0.15) is 10.4 Å². The first-order chi connectivity index (χ1) is 12.8. The number of ether oxygens (including phenoxy) is 2. The zero-order chi connectivity index (χ0) is 20.1. The molecule has 0 unspecified atom stereocenters. The van der Waals surface area contributed by atoms with Crippen LogP contribution >= 0.6 is 35.4 Å². The van der Waals surface area contributed by atoms with Gasteiger partial charge in [-0.05, 0) is 30.4 Å². The molecule has 0 aliphatic rings. The molecule has 142 valence electrons. The maximum absolute atomic E-state index is 12.5. The number of anilines is 1. The minimum absolute atomic E-state index is 0.0645. The van der Waals surface area contributed by atoms with Gasteiger partial charge in [-0.2, -0.15) is 0 Å². The van der Waals surface area contributed by atoms with Crippen LogP contribution in [0.15, 0.2) is 30.3 Å². The quantitative estimate of drug-likeness (QED) is 0.419. The first kappa shape index (κ1) is 20.7. The second-order valence-electron chi connectivity index (χ2n) is 5.02. The van der Waals surface area contributed by atoms with Gasteiger partial charge in [-0.25, -0.2) is 0 Å². The Hall–Kier alpha value is -2.62. The van der Waals surface area contributed by atoms with Crippen molar-refractivity contribution in [2.45, 2.75) is 0 Å². The highest BCUT2D eigenvalue weighted by Gasteiger charge is 2.19. The van der Waals surface area contributed by atoms with Gasteiger partial charge in [0.05, 0.1) is 41.5 Å². The van der Waals surface area contributed by atoms with E-state index in [0.717, 1.165) is 0 Å². The molecule has 0 spiro atoms. The van der Waals surface area contributed by atoms with Crippen molar-refractivity contribution in [2.24, 2.45) is 0 Å². The van der Waals surface area contributed by atoms with E-state index in [1.165, 1.54) is 44.6 Å². The first-order valence-corrected chi connectivity index (χ1v) is 8.41. The second kappa shape index (κ2) is 8.85. The minimum atomic E-state index is -0.602. The minimum Gasteiger partial charge on any atom is -0.494 e. The molecular formula is C16H13Cl2N3O5S. The molecule has 0 radical (unpaired) electrons. The van der Waals surface area contributed by atoms with Crippen LogP contribution in [0.4, 0.5) is 11.4 Å². The lowest BCUT2D eigenvalue weighted by Crippen LogP contribution is -2.34. The van der Waals surface area contributed by atoms with E-state index in [2.05, 4.69) is 10.6 Å². The molecule has 0 saturated heterocycles. The fourth-order valence-corrected chi connectivity index (χ4v) is 2.93. The predicted molar refractivity (Wildman–Crippen MR) is 106 cm³/mol. The van der Waals surface area contributed by atoms with Gasteiger partial charge < -0.3 is 14.8 Å². The number of benzene rings is 2. The van der Waals surface area contributed by atoms with Gasteiger partial charge in [-0.15, -0.1) is 0 Å². The molecule has 0 atom stereocenters. The average Bonchev–Trinajstić information content (AvgIpc) is 2.61. The highest BCUT2D eigenvalue weighted by atomic mass is 35.5. The molecule has 0 heterocycles. The molecule has 0 aliphatic heterocycles. The van der Waals surface area contributed by atoms with Crippen LogP contribution in [0.2, 0.25) is 10.0 Å². The standard InChI is InChI=1S/C16H13Cl2N3O5S/c1-25-13-7-9(21(23)24)3-4-12(13)19-16(27)20-15(22)10-5-8(17)6-11(18)14(10)26-2/h3-7H,1-2H3,(H2,19,20,22,27). The van der Waals surface area contributed by atoms with E-state index >= 15 is 0 Å². The molecule has 2 rings (SSSR count). The van der Waals surface area contributed by atoms with Gasteiger partial charge in [0.15, 0.2) is 5.11 Å². The molecule has 2 N–H and O–H groups in total. The molecule has 0 bridgehead atoms. The second-order valence-corrected chi connectivity index (χ2v) is 6.27. The molecule has 27 heavy (non-hydrogen) atoms. The molecule has 0 fully saturated rings. The van der Waals surface area contributed by atoms with Crippen LogP contribution < -0.4 is 20.1 Å². The maximum atomic E-state index is 12.5. The number of halogens is 2. The third kappa shape index (κ3) is 4.97. The third-order valence-electron chi connectivity index (χ3n) is 3.33. The molecule has 1 amide bonds. The molecule has 2 aromatic rings. The number of nitrogens with zero attached hydrogens (tertiary/aromatic N) is 1. The number of nitrogens with one attached hydrogen (secondary N) is 2. The summed E-state index contributed by atoms with van der Waals surface area (Å²) in [4.78, 5) is 22.8. The highest BCUT2D eigenvalue weighted by Crippen LogP contribution is 2.32. The summed E-state index contributed by atoms with van der Waals surface area (Å²) in [6.07, 6.45) is 0. The number of thiocarbonyl (C=S) groups is 1. The summed E-state index contributed by atoms with van der Waals surface area (Å²) in [7, 11) is 2.72. The lowest BCUT2D eigenvalue weighted by molar-refractivity contribution is -0.384. The van der Waals surface area contributed by atoms with Crippen molar-refractivity contribution in [3.63, 3.8) is 0 Å². The number of amides is 1. The number of non-ortho nitro benzene ring substituents is 1. The normalized spacial score (nSPS) is 10.1. The number of carbonyl (C=O) groups excluding carboxylic acids is 1. The molecule has 0 aromatic heterocycles. The Morgan fingerprint density at radius 3 is 2.48 bits per heavy atom. The van der Waals surface area contributed by atoms with Crippen LogP contribution in [0.5, 0.6) is 11.5 Å². The molecule has 8 nitrogen and oxygen atoms in total. The van der Waals surface area contributed by atoms with Crippen molar-refractivity contribution in [2.75, 3.05) is 19.5 Å². The number of carbonyl (C=O) groups is 1. The van der Waals surface area contributed by atoms with Crippen molar-refractivity contribution in [1.82, 2.24) is 5.32 Å². The van der Waals surface area contributed by atoms with Gasteiger partial charge in [-0.1, -0.05) is 23.2 Å².